The minimum atomic E-state index is -0.228. The summed E-state index contributed by atoms with van der Waals surface area (Å²) in [6.45, 7) is 2.52. The van der Waals surface area contributed by atoms with Crippen LogP contribution in [-0.4, -0.2) is 45.6 Å². The summed E-state index contributed by atoms with van der Waals surface area (Å²) in [6, 6.07) is 14.6. The number of carbonyl (C=O) groups excluding carboxylic acids is 3. The van der Waals surface area contributed by atoms with Crippen molar-refractivity contribution >= 4 is 29.0 Å². The molecule has 1 fully saturated rings. The van der Waals surface area contributed by atoms with Crippen LogP contribution in [-0.2, 0) is 17.8 Å². The number of fused-ring (bicyclic) bond motifs is 1. The van der Waals surface area contributed by atoms with E-state index in [4.69, 9.17) is 0 Å². The second kappa shape index (κ2) is 8.87. The lowest BCUT2D eigenvalue weighted by Gasteiger charge is -2.29. The number of piperidine rings is 1. The van der Waals surface area contributed by atoms with Gasteiger partial charge in [-0.05, 0) is 61.2 Å². The van der Waals surface area contributed by atoms with Gasteiger partial charge < -0.3 is 14.9 Å². The lowest BCUT2D eigenvalue weighted by molar-refractivity contribution is -0.119. The van der Waals surface area contributed by atoms with Crippen LogP contribution in [0, 0.1) is 0 Å². The highest BCUT2D eigenvalue weighted by molar-refractivity contribution is 6.09. The Morgan fingerprint density at radius 2 is 1.53 bits per heavy atom. The summed E-state index contributed by atoms with van der Waals surface area (Å²) in [4.78, 5) is 41.7. The second-order valence-electron chi connectivity index (χ2n) is 8.69. The number of aliphatic hydroxyl groups excluding tert-OH is 1. The first-order valence-electron chi connectivity index (χ1n) is 11.5. The van der Waals surface area contributed by atoms with Crippen LogP contribution in [0.1, 0.15) is 58.3 Å². The van der Waals surface area contributed by atoms with E-state index in [-0.39, 0.29) is 24.2 Å². The van der Waals surface area contributed by atoms with Gasteiger partial charge in [0, 0.05) is 43.4 Å². The molecular weight excluding hydrogens is 432 g/mol. The third kappa shape index (κ3) is 3.80. The standard InChI is InChI=1S/C26H26N4O4/c1-17(32)24-22-13-15-29(20-11-9-19(10-12-20)28-14-3-2-4-23(28)33)26(34)25(22)30(27-24)21-7-5-18(16-31)6-8-21/h5-12,31H,2-4,13-16H2,1H3. The molecule has 34 heavy (non-hydrogen) atoms. The van der Waals surface area contributed by atoms with Crippen LogP contribution < -0.4 is 9.80 Å². The summed E-state index contributed by atoms with van der Waals surface area (Å²) < 4.78 is 1.53. The first kappa shape index (κ1) is 22.0. The minimum Gasteiger partial charge on any atom is -0.392 e. The van der Waals surface area contributed by atoms with Crippen molar-refractivity contribution in [3.05, 3.63) is 71.0 Å². The number of Topliss-reactive ketones (excluding diaryl/α,β-unsaturated/α-hetero) is 1. The van der Waals surface area contributed by atoms with Crippen molar-refractivity contribution in [2.45, 2.75) is 39.2 Å². The number of aromatic nitrogens is 2. The van der Waals surface area contributed by atoms with Crippen molar-refractivity contribution < 1.29 is 19.5 Å². The van der Waals surface area contributed by atoms with Crippen LogP contribution in [0.2, 0.25) is 0 Å². The van der Waals surface area contributed by atoms with E-state index >= 15 is 0 Å². The average Bonchev–Trinajstić information content (AvgIpc) is 3.26. The van der Waals surface area contributed by atoms with E-state index < -0.39 is 0 Å². The number of benzene rings is 2. The van der Waals surface area contributed by atoms with Crippen LogP contribution >= 0.6 is 0 Å². The summed E-state index contributed by atoms with van der Waals surface area (Å²) in [6.07, 6.45) is 2.99. The molecule has 1 saturated heterocycles. The van der Waals surface area contributed by atoms with E-state index in [1.807, 2.05) is 24.3 Å². The molecule has 0 spiro atoms. The summed E-state index contributed by atoms with van der Waals surface area (Å²) in [5, 5.41) is 13.8. The Bertz CT molecular complexity index is 1260. The quantitative estimate of drug-likeness (QED) is 0.592. The number of amides is 2. The van der Waals surface area contributed by atoms with Gasteiger partial charge in [-0.2, -0.15) is 5.10 Å². The van der Waals surface area contributed by atoms with Gasteiger partial charge in [-0.1, -0.05) is 12.1 Å². The molecule has 0 radical (unpaired) electrons. The number of anilines is 2. The van der Waals surface area contributed by atoms with E-state index in [1.165, 1.54) is 11.6 Å². The Hall–Kier alpha value is -3.78. The number of ketones is 1. The van der Waals surface area contributed by atoms with E-state index in [0.717, 1.165) is 29.8 Å². The molecule has 2 aromatic carbocycles. The zero-order valence-corrected chi connectivity index (χ0v) is 19.0. The maximum Gasteiger partial charge on any atom is 0.277 e. The van der Waals surface area contributed by atoms with Crippen LogP contribution in [0.25, 0.3) is 5.69 Å². The van der Waals surface area contributed by atoms with E-state index in [9.17, 15) is 19.5 Å². The summed E-state index contributed by atoms with van der Waals surface area (Å²) in [7, 11) is 0. The largest absolute Gasteiger partial charge is 0.392 e. The molecule has 3 heterocycles. The highest BCUT2D eigenvalue weighted by atomic mass is 16.3. The van der Waals surface area contributed by atoms with Gasteiger partial charge in [-0.3, -0.25) is 14.4 Å². The van der Waals surface area contributed by atoms with E-state index in [1.54, 1.807) is 34.1 Å². The topological polar surface area (TPSA) is 95.7 Å². The third-order valence-corrected chi connectivity index (χ3v) is 6.51. The van der Waals surface area contributed by atoms with E-state index in [0.29, 0.717) is 48.6 Å². The van der Waals surface area contributed by atoms with Crippen molar-refractivity contribution in [2.24, 2.45) is 0 Å². The van der Waals surface area contributed by atoms with Gasteiger partial charge in [0.1, 0.15) is 11.4 Å². The highest BCUT2D eigenvalue weighted by Gasteiger charge is 2.34. The molecule has 174 valence electrons. The number of nitrogens with zero attached hydrogens (tertiary/aromatic N) is 4. The maximum absolute atomic E-state index is 13.7. The Labute approximate surface area is 197 Å². The fourth-order valence-electron chi connectivity index (χ4n) is 4.71. The van der Waals surface area contributed by atoms with Gasteiger partial charge >= 0.3 is 0 Å². The number of aliphatic hydroxyl groups is 1. The molecule has 0 atom stereocenters. The summed E-state index contributed by atoms with van der Waals surface area (Å²) in [5.41, 5.74) is 4.32. The molecule has 8 nitrogen and oxygen atoms in total. The van der Waals surface area contributed by atoms with Crippen molar-refractivity contribution in [1.82, 2.24) is 9.78 Å². The molecule has 0 saturated carbocycles. The van der Waals surface area contributed by atoms with Crippen LogP contribution in [0.5, 0.6) is 0 Å². The maximum atomic E-state index is 13.7. The van der Waals surface area contributed by atoms with Gasteiger partial charge in [-0.25, -0.2) is 4.68 Å². The zero-order valence-electron chi connectivity index (χ0n) is 19.0. The highest BCUT2D eigenvalue weighted by Crippen LogP contribution is 2.31. The molecular formula is C26H26N4O4. The Morgan fingerprint density at radius 3 is 2.15 bits per heavy atom. The van der Waals surface area contributed by atoms with Crippen LogP contribution in [0.3, 0.4) is 0 Å². The molecule has 0 aliphatic carbocycles. The zero-order chi connectivity index (χ0) is 23.8. The van der Waals surface area contributed by atoms with Crippen molar-refractivity contribution in [1.29, 1.82) is 0 Å². The van der Waals surface area contributed by atoms with Gasteiger partial charge in [0.05, 0.1) is 12.3 Å². The monoisotopic (exact) mass is 458 g/mol. The Balaban J connectivity index is 1.49. The molecule has 2 aliphatic rings. The Kier molecular flexibility index (Phi) is 5.75. The molecule has 2 aliphatic heterocycles. The van der Waals surface area contributed by atoms with Gasteiger partial charge in [-0.15, -0.1) is 0 Å². The van der Waals surface area contributed by atoms with Crippen LogP contribution in [0.4, 0.5) is 11.4 Å². The predicted octanol–water partition coefficient (Wildman–Crippen LogP) is 3.29. The van der Waals surface area contributed by atoms with Crippen molar-refractivity contribution in [2.75, 3.05) is 22.9 Å². The lowest BCUT2D eigenvalue weighted by atomic mass is 10.0. The molecule has 0 unspecified atom stereocenters. The van der Waals surface area contributed by atoms with Crippen molar-refractivity contribution in [3.8, 4) is 5.69 Å². The molecule has 1 aromatic heterocycles. The molecule has 5 rings (SSSR count). The Morgan fingerprint density at radius 1 is 0.882 bits per heavy atom. The van der Waals surface area contributed by atoms with Gasteiger partial charge in [0.25, 0.3) is 5.91 Å². The SMILES string of the molecule is CC(=O)c1nn(-c2ccc(CO)cc2)c2c1CCN(c1ccc(N3CCCCC3=O)cc1)C2=O. The molecule has 8 heteroatoms. The smallest absolute Gasteiger partial charge is 0.277 e. The predicted molar refractivity (Wildman–Crippen MR) is 128 cm³/mol. The number of hydrogen-bond donors (Lipinski definition) is 1. The fraction of sp³-hybridized carbons (Fsp3) is 0.308. The molecule has 2 amide bonds. The molecule has 0 bridgehead atoms. The summed E-state index contributed by atoms with van der Waals surface area (Å²) in [5.74, 6) is -0.279. The van der Waals surface area contributed by atoms with E-state index in [2.05, 4.69) is 5.10 Å². The van der Waals surface area contributed by atoms with Crippen LogP contribution in [0.15, 0.2) is 48.5 Å². The van der Waals surface area contributed by atoms with Gasteiger partial charge in [0.15, 0.2) is 5.78 Å². The average molecular weight is 459 g/mol. The minimum absolute atomic E-state index is 0.0814. The molecule has 3 aromatic rings. The lowest BCUT2D eigenvalue weighted by Crippen LogP contribution is -2.39. The second-order valence-corrected chi connectivity index (χ2v) is 8.69. The third-order valence-electron chi connectivity index (χ3n) is 6.51. The summed E-state index contributed by atoms with van der Waals surface area (Å²) >= 11 is 0. The first-order valence-corrected chi connectivity index (χ1v) is 11.5. The molecule has 1 N–H and O–H groups in total. The van der Waals surface area contributed by atoms with Gasteiger partial charge in [0.2, 0.25) is 5.91 Å². The number of carbonyl (C=O) groups is 3. The fourth-order valence-corrected chi connectivity index (χ4v) is 4.71. The first-order chi connectivity index (χ1) is 16.5. The number of hydrogen-bond acceptors (Lipinski definition) is 5. The van der Waals surface area contributed by atoms with Crippen molar-refractivity contribution in [3.63, 3.8) is 0 Å². The normalized spacial score (nSPS) is 16.1. The number of rotatable bonds is 5.